The highest BCUT2D eigenvalue weighted by molar-refractivity contribution is 7.90. The molecule has 0 aromatic heterocycles. The number of halogens is 3. The summed E-state index contributed by atoms with van der Waals surface area (Å²) in [5, 5.41) is 2.03. The first-order valence-corrected chi connectivity index (χ1v) is 7.69. The molecule has 0 atom stereocenters. The smallest absolute Gasteiger partial charge is 0.277 e. The van der Waals surface area contributed by atoms with Crippen LogP contribution >= 0.6 is 12.4 Å². The largest absolute Gasteiger partial charge is 0.346 e. The molecule has 124 valence electrons. The fraction of sp³-hybridized carbons (Fsp3) is 0.455. The third kappa shape index (κ3) is 4.24. The number of amidine groups is 1. The minimum Gasteiger partial charge on any atom is -0.346 e. The number of rotatable bonds is 4. The molecule has 0 fully saturated rings. The summed E-state index contributed by atoms with van der Waals surface area (Å²) in [7, 11) is -3.64. The number of sulfonamides is 1. The second-order valence-electron chi connectivity index (χ2n) is 4.56. The molecule has 0 unspecified atom stereocenters. The summed E-state index contributed by atoms with van der Waals surface area (Å²) in [4.78, 5) is 13.4. The zero-order valence-electron chi connectivity index (χ0n) is 11.3. The lowest BCUT2D eigenvalue weighted by atomic mass is 10.1. The van der Waals surface area contributed by atoms with Crippen molar-refractivity contribution in [3.05, 3.63) is 23.9 Å². The Morgan fingerprint density at radius 2 is 2.18 bits per heavy atom. The zero-order chi connectivity index (χ0) is 15.7. The van der Waals surface area contributed by atoms with Crippen LogP contribution in [0.3, 0.4) is 0 Å². The van der Waals surface area contributed by atoms with Gasteiger partial charge < -0.3 is 16.0 Å². The van der Waals surface area contributed by atoms with Crippen molar-refractivity contribution in [1.82, 2.24) is 10.2 Å². The van der Waals surface area contributed by atoms with Crippen LogP contribution in [0.2, 0.25) is 0 Å². The van der Waals surface area contributed by atoms with E-state index in [4.69, 9.17) is 5.73 Å². The van der Waals surface area contributed by atoms with Crippen molar-refractivity contribution in [2.75, 3.05) is 25.4 Å². The highest BCUT2D eigenvalue weighted by Crippen LogP contribution is 2.18. The third-order valence-electron chi connectivity index (χ3n) is 2.91. The molecule has 2 rings (SSSR count). The topological polar surface area (TPSA) is 105 Å². The molecule has 0 bridgehead atoms. The number of amides is 1. The number of nitrogens with one attached hydrogen (secondary N) is 1. The van der Waals surface area contributed by atoms with Gasteiger partial charge in [-0.2, -0.15) is 0 Å². The molecule has 2 heterocycles. The fourth-order valence-corrected chi connectivity index (χ4v) is 2.76. The van der Waals surface area contributed by atoms with Crippen molar-refractivity contribution < 1.29 is 22.0 Å². The molecular formula is C11H15ClF2N4O3S. The lowest BCUT2D eigenvalue weighted by Gasteiger charge is -2.28. The normalized spacial score (nSPS) is 19.5. The summed E-state index contributed by atoms with van der Waals surface area (Å²) in [5.41, 5.74) is 4.80. The number of fused-ring (bicyclic) bond motifs is 1. The summed E-state index contributed by atoms with van der Waals surface area (Å²) < 4.78 is 52.6. The number of allylic oxidation sites excluding steroid dienone is 2. The average molecular weight is 357 g/mol. The van der Waals surface area contributed by atoms with Gasteiger partial charge in [0.1, 0.15) is 0 Å². The average Bonchev–Trinajstić information content (AvgIpc) is 2.43. The van der Waals surface area contributed by atoms with Crippen molar-refractivity contribution in [3.8, 4) is 0 Å². The first-order valence-electron chi connectivity index (χ1n) is 6.08. The number of carbonyl (C=O) groups is 1. The van der Waals surface area contributed by atoms with Gasteiger partial charge in [0.25, 0.3) is 21.9 Å². The Bertz CT molecular complexity index is 646. The highest BCUT2D eigenvalue weighted by atomic mass is 35.5. The summed E-state index contributed by atoms with van der Waals surface area (Å²) in [6.45, 7) is -1.67. The van der Waals surface area contributed by atoms with Crippen molar-refractivity contribution in [1.29, 1.82) is 0 Å². The van der Waals surface area contributed by atoms with Gasteiger partial charge >= 0.3 is 0 Å². The number of nitrogens with two attached hydrogens (primary N) is 1. The molecule has 7 nitrogen and oxygen atoms in total. The molecule has 2 aliphatic rings. The SMILES string of the molecule is Cl.NCC(F)(F)CNC(=O)C1=CC=CN2CCS(=O)(=O)N=C12. The predicted octanol–water partition coefficient (Wildman–Crippen LogP) is -0.384. The van der Waals surface area contributed by atoms with Gasteiger partial charge in [0.05, 0.1) is 24.4 Å². The Balaban J connectivity index is 0.00000242. The van der Waals surface area contributed by atoms with Crippen molar-refractivity contribution in [2.45, 2.75) is 5.92 Å². The van der Waals surface area contributed by atoms with E-state index in [0.29, 0.717) is 0 Å². The molecular weight excluding hydrogens is 342 g/mol. The van der Waals surface area contributed by atoms with Crippen molar-refractivity contribution in [3.63, 3.8) is 0 Å². The second-order valence-corrected chi connectivity index (χ2v) is 6.31. The van der Waals surface area contributed by atoms with E-state index in [9.17, 15) is 22.0 Å². The van der Waals surface area contributed by atoms with Gasteiger partial charge in [-0.05, 0) is 12.2 Å². The Labute approximate surface area is 132 Å². The summed E-state index contributed by atoms with van der Waals surface area (Å²) in [5.74, 6) is -4.27. The highest BCUT2D eigenvalue weighted by Gasteiger charge is 2.32. The molecule has 0 saturated heterocycles. The minimum atomic E-state index is -3.64. The van der Waals surface area contributed by atoms with Gasteiger partial charge in [0.2, 0.25) is 0 Å². The van der Waals surface area contributed by atoms with Crippen LogP contribution in [0.15, 0.2) is 28.3 Å². The van der Waals surface area contributed by atoms with E-state index in [1.54, 1.807) is 6.20 Å². The number of carbonyl (C=O) groups excluding carboxylic acids is 1. The molecule has 22 heavy (non-hydrogen) atoms. The Morgan fingerprint density at radius 1 is 1.50 bits per heavy atom. The lowest BCUT2D eigenvalue weighted by molar-refractivity contribution is -0.118. The molecule has 0 spiro atoms. The van der Waals surface area contributed by atoms with E-state index in [1.807, 2.05) is 5.32 Å². The maximum atomic E-state index is 13.0. The van der Waals surface area contributed by atoms with E-state index in [0.717, 1.165) is 0 Å². The molecule has 0 aromatic rings. The summed E-state index contributed by atoms with van der Waals surface area (Å²) in [6, 6.07) is 0. The number of hydrogen-bond acceptors (Lipinski definition) is 5. The lowest BCUT2D eigenvalue weighted by Crippen LogP contribution is -2.46. The number of alkyl halides is 2. The summed E-state index contributed by atoms with van der Waals surface area (Å²) >= 11 is 0. The van der Waals surface area contributed by atoms with Crippen LogP contribution in [0.5, 0.6) is 0 Å². The van der Waals surface area contributed by atoms with Crippen LogP contribution in [0.25, 0.3) is 0 Å². The van der Waals surface area contributed by atoms with Gasteiger partial charge in [-0.25, -0.2) is 17.2 Å². The van der Waals surface area contributed by atoms with Crippen LogP contribution in [-0.2, 0) is 14.8 Å². The van der Waals surface area contributed by atoms with Crippen LogP contribution in [0, 0.1) is 0 Å². The van der Waals surface area contributed by atoms with Crippen LogP contribution < -0.4 is 11.1 Å². The maximum absolute atomic E-state index is 13.0. The van der Waals surface area contributed by atoms with Gasteiger partial charge in [0, 0.05) is 12.7 Å². The molecule has 3 N–H and O–H groups in total. The quantitative estimate of drug-likeness (QED) is 0.714. The van der Waals surface area contributed by atoms with Gasteiger partial charge in [-0.15, -0.1) is 16.8 Å². The van der Waals surface area contributed by atoms with Crippen LogP contribution in [-0.4, -0.2) is 56.4 Å². The van der Waals surface area contributed by atoms with Crippen LogP contribution in [0.1, 0.15) is 0 Å². The fourth-order valence-electron chi connectivity index (χ4n) is 1.77. The monoisotopic (exact) mass is 356 g/mol. The van der Waals surface area contributed by atoms with Gasteiger partial charge in [-0.3, -0.25) is 4.79 Å². The van der Waals surface area contributed by atoms with Crippen molar-refractivity contribution in [2.24, 2.45) is 10.1 Å². The van der Waals surface area contributed by atoms with E-state index < -0.39 is 34.9 Å². The predicted molar refractivity (Wildman–Crippen MR) is 79.4 cm³/mol. The maximum Gasteiger partial charge on any atom is 0.277 e. The second kappa shape index (κ2) is 6.71. The van der Waals surface area contributed by atoms with E-state index in [1.165, 1.54) is 17.1 Å². The van der Waals surface area contributed by atoms with E-state index in [2.05, 4.69) is 4.40 Å². The minimum absolute atomic E-state index is 0. The van der Waals surface area contributed by atoms with Gasteiger partial charge in [0.15, 0.2) is 5.84 Å². The van der Waals surface area contributed by atoms with Gasteiger partial charge in [-0.1, -0.05) is 0 Å². The third-order valence-corrected chi connectivity index (χ3v) is 4.06. The molecule has 11 heteroatoms. The zero-order valence-corrected chi connectivity index (χ0v) is 13.0. The first-order chi connectivity index (χ1) is 9.74. The van der Waals surface area contributed by atoms with Crippen LogP contribution in [0.4, 0.5) is 8.78 Å². The Morgan fingerprint density at radius 3 is 2.82 bits per heavy atom. The standard InChI is InChI=1S/C11H14F2N4O3S.ClH/c12-11(13,6-14)7-15-10(18)8-2-1-3-17-4-5-21(19,20)16-9(8)17;/h1-3H,4-7,14H2,(H,15,18);1H. The summed E-state index contributed by atoms with van der Waals surface area (Å²) in [6.07, 6.45) is 4.41. The molecule has 2 aliphatic heterocycles. The van der Waals surface area contributed by atoms with E-state index >= 15 is 0 Å². The molecule has 1 amide bonds. The molecule has 0 radical (unpaired) electrons. The first kappa shape index (κ1) is 18.5. The van der Waals surface area contributed by atoms with E-state index in [-0.39, 0.29) is 36.1 Å². The molecule has 0 saturated carbocycles. The van der Waals surface area contributed by atoms with Crippen molar-refractivity contribution >= 4 is 34.2 Å². The Hall–Kier alpha value is -1.52. The molecule has 0 aromatic carbocycles. The molecule has 0 aliphatic carbocycles. The number of nitrogens with zero attached hydrogens (tertiary/aromatic N) is 2. The number of hydrogen-bond donors (Lipinski definition) is 2. The Kier molecular flexibility index (Phi) is 5.65.